The van der Waals surface area contributed by atoms with Gasteiger partial charge in [-0.2, -0.15) is 0 Å². The van der Waals surface area contributed by atoms with Crippen LogP contribution in [-0.4, -0.2) is 24.5 Å². The first-order valence-corrected chi connectivity index (χ1v) is 17.6. The van der Waals surface area contributed by atoms with Gasteiger partial charge in [0.05, 0.1) is 16.7 Å². The lowest BCUT2D eigenvalue weighted by atomic mass is 9.72. The van der Waals surface area contributed by atoms with Crippen LogP contribution < -0.4 is 0 Å². The van der Waals surface area contributed by atoms with Crippen LogP contribution in [0.5, 0.6) is 0 Å². The summed E-state index contributed by atoms with van der Waals surface area (Å²) < 4.78 is 2.41. The summed E-state index contributed by atoms with van der Waals surface area (Å²) in [5, 5.41) is 0. The molecule has 242 valence electrons. The molecule has 3 heterocycles. The van der Waals surface area contributed by atoms with Gasteiger partial charge in [0, 0.05) is 22.3 Å². The van der Waals surface area contributed by atoms with Crippen LogP contribution in [-0.2, 0) is 5.41 Å². The summed E-state index contributed by atoms with van der Waals surface area (Å²) in [4.78, 5) is 20.5. The van der Waals surface area contributed by atoms with E-state index >= 15 is 0 Å². The Bertz CT molecular complexity index is 2750. The first-order valence-electron chi connectivity index (χ1n) is 17.6. The molecule has 7 aromatic carbocycles. The van der Waals surface area contributed by atoms with Gasteiger partial charge in [0.2, 0.25) is 0 Å². The SMILES string of the molecule is c1ccc(-c2nc(-c3ccccc3)nc(-c3cccc(-c4cccc5c4-n4c(nc6ccccc64)C54c5ccccc5-c5ccccc54)c3)n2)cc1. The molecule has 9 aromatic rings. The standard InChI is InChI=1S/C47H29N5/c1-3-15-30(16-4-1)43-49-44(31-17-5-2-6-18-31)51-45(50-43)33-20-13-19-32(29-33)34-23-14-26-39-42(34)52-41-28-12-11-27-40(41)48-46(52)47(39)37-24-9-7-21-35(37)36-22-8-10-25-38(36)47/h1-29H. The van der Waals surface area contributed by atoms with Crippen LogP contribution >= 0.6 is 0 Å². The molecule has 0 amide bonds. The van der Waals surface area contributed by atoms with E-state index in [-0.39, 0.29) is 0 Å². The summed E-state index contributed by atoms with van der Waals surface area (Å²) in [6.07, 6.45) is 0. The van der Waals surface area contributed by atoms with Crippen molar-refractivity contribution >= 4 is 11.0 Å². The number of imidazole rings is 1. The zero-order chi connectivity index (χ0) is 34.2. The van der Waals surface area contributed by atoms with E-state index in [1.807, 2.05) is 60.7 Å². The van der Waals surface area contributed by atoms with Gasteiger partial charge in [-0.1, -0.05) is 158 Å². The van der Waals surface area contributed by atoms with Crippen LogP contribution in [0.15, 0.2) is 176 Å². The number of hydrogen-bond acceptors (Lipinski definition) is 4. The van der Waals surface area contributed by atoms with Crippen molar-refractivity contribution < 1.29 is 0 Å². The van der Waals surface area contributed by atoms with Crippen LogP contribution in [0.1, 0.15) is 22.5 Å². The Morgan fingerprint density at radius 3 is 1.52 bits per heavy atom. The average Bonchev–Trinajstić information content (AvgIpc) is 3.85. The largest absolute Gasteiger partial charge is 0.294 e. The minimum atomic E-state index is -0.557. The van der Waals surface area contributed by atoms with E-state index < -0.39 is 5.41 Å². The summed E-state index contributed by atoms with van der Waals surface area (Å²) in [6, 6.07) is 61.8. The van der Waals surface area contributed by atoms with Gasteiger partial charge in [0.1, 0.15) is 11.2 Å². The molecule has 0 N–H and O–H groups in total. The van der Waals surface area contributed by atoms with Gasteiger partial charge < -0.3 is 0 Å². The fraction of sp³-hybridized carbons (Fsp3) is 0.0213. The lowest BCUT2D eigenvalue weighted by Gasteiger charge is -2.27. The Labute approximate surface area is 300 Å². The number of fused-ring (bicyclic) bond motifs is 12. The van der Waals surface area contributed by atoms with E-state index in [1.54, 1.807) is 0 Å². The number of nitrogens with zero attached hydrogens (tertiary/aromatic N) is 5. The van der Waals surface area contributed by atoms with Gasteiger partial charge in [-0.3, -0.25) is 4.57 Å². The van der Waals surface area contributed by atoms with Crippen molar-refractivity contribution in [1.82, 2.24) is 24.5 Å². The monoisotopic (exact) mass is 663 g/mol. The highest BCUT2D eigenvalue weighted by Crippen LogP contribution is 2.61. The molecular formula is C47H29N5. The van der Waals surface area contributed by atoms with E-state index in [4.69, 9.17) is 19.9 Å². The van der Waals surface area contributed by atoms with Gasteiger partial charge in [0.25, 0.3) is 0 Å². The highest BCUT2D eigenvalue weighted by atomic mass is 15.1. The number of para-hydroxylation sites is 3. The van der Waals surface area contributed by atoms with E-state index in [0.717, 1.165) is 50.4 Å². The van der Waals surface area contributed by atoms with Crippen LogP contribution in [0.3, 0.4) is 0 Å². The van der Waals surface area contributed by atoms with Gasteiger partial charge in [-0.15, -0.1) is 0 Å². The Balaban J connectivity index is 1.16. The second-order valence-corrected chi connectivity index (χ2v) is 13.4. The third kappa shape index (κ3) is 3.99. The first kappa shape index (κ1) is 28.8. The van der Waals surface area contributed by atoms with Gasteiger partial charge in [-0.25, -0.2) is 19.9 Å². The summed E-state index contributed by atoms with van der Waals surface area (Å²) in [7, 11) is 0. The van der Waals surface area contributed by atoms with Crippen molar-refractivity contribution in [1.29, 1.82) is 0 Å². The predicted octanol–water partition coefficient (Wildman–Crippen LogP) is 10.6. The number of hydrogen-bond donors (Lipinski definition) is 0. The fourth-order valence-electron chi connectivity index (χ4n) is 8.47. The number of benzene rings is 7. The molecule has 52 heavy (non-hydrogen) atoms. The Morgan fingerprint density at radius 1 is 0.365 bits per heavy atom. The van der Waals surface area contributed by atoms with Crippen LogP contribution in [0.25, 0.3) is 73.1 Å². The molecule has 5 nitrogen and oxygen atoms in total. The molecule has 0 fully saturated rings. The molecule has 0 saturated carbocycles. The maximum Gasteiger partial charge on any atom is 0.164 e. The zero-order valence-electron chi connectivity index (χ0n) is 28.0. The van der Waals surface area contributed by atoms with Crippen molar-refractivity contribution in [3.05, 3.63) is 198 Å². The lowest BCUT2D eigenvalue weighted by Crippen LogP contribution is -2.27. The Morgan fingerprint density at radius 2 is 0.846 bits per heavy atom. The minimum Gasteiger partial charge on any atom is -0.294 e. The molecule has 11 rings (SSSR count). The Kier molecular flexibility index (Phi) is 6.10. The van der Waals surface area contributed by atoms with Crippen molar-refractivity contribution in [2.45, 2.75) is 5.41 Å². The third-order valence-electron chi connectivity index (χ3n) is 10.6. The molecule has 1 aliphatic carbocycles. The fourth-order valence-corrected chi connectivity index (χ4v) is 8.47. The highest BCUT2D eigenvalue weighted by Gasteiger charge is 2.54. The van der Waals surface area contributed by atoms with E-state index in [2.05, 4.69) is 120 Å². The molecule has 5 heteroatoms. The van der Waals surface area contributed by atoms with Gasteiger partial charge >= 0.3 is 0 Å². The topological polar surface area (TPSA) is 56.5 Å². The molecule has 0 unspecified atom stereocenters. The summed E-state index contributed by atoms with van der Waals surface area (Å²) in [5.41, 5.74) is 14.0. The maximum absolute atomic E-state index is 5.45. The second kappa shape index (κ2) is 11.0. The van der Waals surface area contributed by atoms with Crippen LogP contribution in [0, 0.1) is 0 Å². The van der Waals surface area contributed by atoms with Crippen LogP contribution in [0.2, 0.25) is 0 Å². The highest BCUT2D eigenvalue weighted by molar-refractivity contribution is 5.94. The number of aromatic nitrogens is 5. The molecule has 2 aliphatic rings. The zero-order valence-corrected chi connectivity index (χ0v) is 28.0. The smallest absolute Gasteiger partial charge is 0.164 e. The molecule has 2 aromatic heterocycles. The summed E-state index contributed by atoms with van der Waals surface area (Å²) in [6.45, 7) is 0. The van der Waals surface area contributed by atoms with Gasteiger partial charge in [-0.05, 0) is 51.6 Å². The Hall–Kier alpha value is -6.98. The van der Waals surface area contributed by atoms with Crippen molar-refractivity contribution in [3.63, 3.8) is 0 Å². The van der Waals surface area contributed by atoms with Crippen molar-refractivity contribution in [2.75, 3.05) is 0 Å². The van der Waals surface area contributed by atoms with E-state index in [0.29, 0.717) is 17.5 Å². The van der Waals surface area contributed by atoms with E-state index in [1.165, 1.54) is 27.8 Å². The predicted molar refractivity (Wildman–Crippen MR) is 207 cm³/mol. The molecule has 1 spiro atoms. The third-order valence-corrected chi connectivity index (χ3v) is 10.6. The average molecular weight is 664 g/mol. The quantitative estimate of drug-likeness (QED) is 0.188. The summed E-state index contributed by atoms with van der Waals surface area (Å²) in [5.74, 6) is 2.95. The van der Waals surface area contributed by atoms with Crippen molar-refractivity contribution in [3.8, 4) is 62.1 Å². The van der Waals surface area contributed by atoms with Crippen LogP contribution in [0.4, 0.5) is 0 Å². The second-order valence-electron chi connectivity index (χ2n) is 13.4. The van der Waals surface area contributed by atoms with Gasteiger partial charge in [0.15, 0.2) is 17.5 Å². The van der Waals surface area contributed by atoms with E-state index in [9.17, 15) is 0 Å². The molecule has 1 aliphatic heterocycles. The molecular weight excluding hydrogens is 635 g/mol. The normalized spacial score (nSPS) is 13.2. The van der Waals surface area contributed by atoms with Crippen molar-refractivity contribution in [2.24, 2.45) is 0 Å². The maximum atomic E-state index is 5.45. The first-order chi connectivity index (χ1) is 25.8. The molecule has 0 radical (unpaired) electrons. The summed E-state index contributed by atoms with van der Waals surface area (Å²) >= 11 is 0. The molecule has 0 bridgehead atoms. The molecule has 0 saturated heterocycles. The molecule has 0 atom stereocenters. The minimum absolute atomic E-state index is 0.557. The lowest BCUT2D eigenvalue weighted by molar-refractivity contribution is 0.738. The number of rotatable bonds is 4.